The molecule has 0 aliphatic carbocycles. The Morgan fingerprint density at radius 2 is 2.21 bits per heavy atom. The van der Waals surface area contributed by atoms with E-state index in [0.29, 0.717) is 24.3 Å². The first-order valence-electron chi connectivity index (χ1n) is 9.65. The second-order valence-electron chi connectivity index (χ2n) is 7.62. The topological polar surface area (TPSA) is 48.2 Å². The van der Waals surface area contributed by atoms with Crippen molar-refractivity contribution in [1.29, 1.82) is 0 Å². The first kappa shape index (κ1) is 20.5. The quantitative estimate of drug-likeness (QED) is 0.569. The van der Waals surface area contributed by atoms with E-state index < -0.39 is 17.6 Å². The lowest BCUT2D eigenvalue weighted by molar-refractivity contribution is -0.121. The number of hydrogen-bond acceptors (Lipinski definition) is 3. The van der Waals surface area contributed by atoms with Gasteiger partial charge in [-0.3, -0.25) is 4.79 Å². The highest BCUT2D eigenvalue weighted by Crippen LogP contribution is 2.37. The fourth-order valence-corrected chi connectivity index (χ4v) is 4.73. The van der Waals surface area contributed by atoms with Crippen molar-refractivity contribution in [2.75, 3.05) is 13.2 Å². The Morgan fingerprint density at radius 3 is 2.93 bits per heavy atom. The summed E-state index contributed by atoms with van der Waals surface area (Å²) in [7, 11) is 1.81. The maximum absolute atomic E-state index is 14.5. The largest absolute Gasteiger partial charge is 0.376 e. The predicted octanol–water partition coefficient (Wildman–Crippen LogP) is 3.67. The molecule has 0 bridgehead atoms. The molecule has 1 aromatic carbocycles. The van der Waals surface area contributed by atoms with Gasteiger partial charge in [-0.1, -0.05) is 11.6 Å². The van der Waals surface area contributed by atoms with E-state index in [0.717, 1.165) is 30.8 Å². The Labute approximate surface area is 177 Å². The van der Waals surface area contributed by atoms with Crippen LogP contribution in [0.15, 0.2) is 12.1 Å². The second-order valence-corrected chi connectivity index (χ2v) is 8.39. The van der Waals surface area contributed by atoms with Crippen molar-refractivity contribution in [2.45, 2.75) is 44.2 Å². The van der Waals surface area contributed by atoms with E-state index in [1.54, 1.807) is 4.57 Å². The molecule has 2 aliphatic heterocycles. The van der Waals surface area contributed by atoms with Crippen LogP contribution >= 0.6 is 23.8 Å². The minimum Gasteiger partial charge on any atom is -0.376 e. The lowest BCUT2D eigenvalue weighted by Gasteiger charge is -2.14. The number of imidazole rings is 1. The van der Waals surface area contributed by atoms with E-state index in [9.17, 15) is 13.6 Å². The molecule has 4 rings (SSSR count). The van der Waals surface area contributed by atoms with Gasteiger partial charge in [-0.15, -0.1) is 0 Å². The van der Waals surface area contributed by atoms with Gasteiger partial charge in [0.25, 0.3) is 0 Å². The summed E-state index contributed by atoms with van der Waals surface area (Å²) in [5.41, 5.74) is 1.59. The van der Waals surface area contributed by atoms with Crippen LogP contribution in [0.25, 0.3) is 0 Å². The van der Waals surface area contributed by atoms with Gasteiger partial charge in [0.2, 0.25) is 5.91 Å². The van der Waals surface area contributed by atoms with Crippen LogP contribution in [0, 0.1) is 16.4 Å². The van der Waals surface area contributed by atoms with Gasteiger partial charge in [0.15, 0.2) is 4.77 Å². The molecule has 0 radical (unpaired) electrons. The van der Waals surface area contributed by atoms with Gasteiger partial charge in [0, 0.05) is 49.6 Å². The molecule has 5 nitrogen and oxygen atoms in total. The average molecular weight is 442 g/mol. The highest BCUT2D eigenvalue weighted by atomic mass is 35.5. The van der Waals surface area contributed by atoms with Crippen molar-refractivity contribution in [3.8, 4) is 0 Å². The Kier molecular flexibility index (Phi) is 5.77. The van der Waals surface area contributed by atoms with Crippen LogP contribution in [-0.4, -0.2) is 34.3 Å². The molecular formula is C20H22ClF2N3O2S. The summed E-state index contributed by atoms with van der Waals surface area (Å²) in [6, 6.07) is 2.40. The van der Waals surface area contributed by atoms with Crippen molar-refractivity contribution in [3.05, 3.63) is 50.5 Å². The highest BCUT2D eigenvalue weighted by Gasteiger charge is 2.33. The molecule has 1 saturated heterocycles. The third-order valence-corrected chi connectivity index (χ3v) is 6.58. The molecule has 29 heavy (non-hydrogen) atoms. The Bertz CT molecular complexity index is 1010. The second kappa shape index (κ2) is 8.16. The number of carbonyl (C=O) groups excluding carboxylic acids is 1. The van der Waals surface area contributed by atoms with Gasteiger partial charge in [-0.2, -0.15) is 0 Å². The number of benzene rings is 1. The van der Waals surface area contributed by atoms with Crippen LogP contribution in [0.2, 0.25) is 5.02 Å². The molecule has 0 spiro atoms. The molecule has 2 aromatic rings. The zero-order valence-electron chi connectivity index (χ0n) is 16.0. The number of fused-ring (bicyclic) bond motifs is 1. The van der Waals surface area contributed by atoms with Gasteiger partial charge in [-0.05, 0) is 43.6 Å². The van der Waals surface area contributed by atoms with Gasteiger partial charge in [0.05, 0.1) is 17.5 Å². The average Bonchev–Trinajstić information content (AvgIpc) is 3.40. The number of aromatic nitrogens is 2. The molecular weight excluding hydrogens is 420 g/mol. The summed E-state index contributed by atoms with van der Waals surface area (Å²) in [5, 5.41) is 2.81. The fourth-order valence-electron chi connectivity index (χ4n) is 4.27. The van der Waals surface area contributed by atoms with E-state index in [2.05, 4.69) is 5.32 Å². The number of nitrogens with one attached hydrogen (secondary N) is 1. The smallest absolute Gasteiger partial charge is 0.226 e. The SMILES string of the molecule is Cn1c(CC(=O)NC[C@H]2CCCO2)c2n(c1=S)C[C@H](c1c(F)ccc(Cl)c1F)C2. The van der Waals surface area contributed by atoms with E-state index in [4.69, 9.17) is 28.6 Å². The zero-order valence-corrected chi connectivity index (χ0v) is 17.6. The van der Waals surface area contributed by atoms with Crippen LogP contribution in [0.4, 0.5) is 8.78 Å². The van der Waals surface area contributed by atoms with Gasteiger partial charge >= 0.3 is 0 Å². The molecule has 9 heteroatoms. The predicted molar refractivity (Wildman–Crippen MR) is 108 cm³/mol. The van der Waals surface area contributed by atoms with E-state index in [1.807, 2.05) is 11.6 Å². The third-order valence-electron chi connectivity index (χ3n) is 5.79. The number of nitrogens with zero attached hydrogens (tertiary/aromatic N) is 2. The summed E-state index contributed by atoms with van der Waals surface area (Å²) in [6.07, 6.45) is 2.58. The van der Waals surface area contributed by atoms with Gasteiger partial charge in [0.1, 0.15) is 11.6 Å². The summed E-state index contributed by atoms with van der Waals surface area (Å²) < 4.78 is 38.6. The number of ether oxygens (including phenoxy) is 1. The maximum atomic E-state index is 14.5. The molecule has 0 saturated carbocycles. The molecule has 0 unspecified atom stereocenters. The van der Waals surface area contributed by atoms with Crippen LogP contribution in [-0.2, 0) is 36.0 Å². The van der Waals surface area contributed by atoms with E-state index in [-0.39, 0.29) is 29.0 Å². The first-order chi connectivity index (χ1) is 13.9. The summed E-state index contributed by atoms with van der Waals surface area (Å²) in [4.78, 5) is 12.5. The van der Waals surface area contributed by atoms with Crippen molar-refractivity contribution >= 4 is 29.7 Å². The van der Waals surface area contributed by atoms with Crippen molar-refractivity contribution in [2.24, 2.45) is 7.05 Å². The van der Waals surface area contributed by atoms with Crippen molar-refractivity contribution < 1.29 is 18.3 Å². The molecule has 1 fully saturated rings. The maximum Gasteiger partial charge on any atom is 0.226 e. The van der Waals surface area contributed by atoms with E-state index in [1.165, 1.54) is 12.1 Å². The molecule has 2 aliphatic rings. The summed E-state index contributed by atoms with van der Waals surface area (Å²) >= 11 is 11.4. The van der Waals surface area contributed by atoms with Crippen molar-refractivity contribution in [3.63, 3.8) is 0 Å². The third kappa shape index (κ3) is 3.85. The summed E-state index contributed by atoms with van der Waals surface area (Å²) in [5.74, 6) is -1.88. The monoisotopic (exact) mass is 441 g/mol. The van der Waals surface area contributed by atoms with E-state index >= 15 is 0 Å². The Balaban J connectivity index is 1.54. The summed E-state index contributed by atoms with van der Waals surface area (Å²) in [6.45, 7) is 1.58. The molecule has 1 aromatic heterocycles. The van der Waals surface area contributed by atoms with Crippen molar-refractivity contribution in [1.82, 2.24) is 14.5 Å². The zero-order chi connectivity index (χ0) is 20.7. The molecule has 2 atom stereocenters. The van der Waals surface area contributed by atoms with Crippen LogP contribution in [0.5, 0.6) is 0 Å². The Hall–Kier alpha value is -1.77. The van der Waals surface area contributed by atoms with Crippen LogP contribution in [0.3, 0.4) is 0 Å². The molecule has 3 heterocycles. The molecule has 156 valence electrons. The van der Waals surface area contributed by atoms with Gasteiger partial charge in [-0.25, -0.2) is 8.78 Å². The van der Waals surface area contributed by atoms with Gasteiger partial charge < -0.3 is 19.2 Å². The van der Waals surface area contributed by atoms with Crippen LogP contribution < -0.4 is 5.32 Å². The lowest BCUT2D eigenvalue weighted by Crippen LogP contribution is -2.33. The number of halogens is 3. The highest BCUT2D eigenvalue weighted by molar-refractivity contribution is 7.71. The Morgan fingerprint density at radius 1 is 1.41 bits per heavy atom. The first-order valence-corrected chi connectivity index (χ1v) is 10.4. The number of amides is 1. The normalized spacial score (nSPS) is 20.8. The lowest BCUT2D eigenvalue weighted by atomic mass is 9.95. The molecule has 1 amide bonds. The fraction of sp³-hybridized carbons (Fsp3) is 0.500. The standard InChI is InChI=1S/C20H22ClF2N3O2S/c1-25-15(8-17(27)24-9-12-3-2-6-28-12)16-7-11(10-26(16)20(25)29)18-14(22)5-4-13(21)19(18)23/h4-5,11-12H,2-3,6-10H2,1H3,(H,24,27)/t11-,12-/m1/s1. The number of carbonyl (C=O) groups is 1. The minimum atomic E-state index is -0.728. The number of rotatable bonds is 5. The molecule has 1 N–H and O–H groups in total. The van der Waals surface area contributed by atoms with Crippen LogP contribution in [0.1, 0.15) is 35.7 Å². The minimum absolute atomic E-state index is 0.0213. The number of hydrogen-bond donors (Lipinski definition) is 1.